The van der Waals surface area contributed by atoms with Gasteiger partial charge in [-0.25, -0.2) is 8.96 Å². The van der Waals surface area contributed by atoms with Gasteiger partial charge >= 0.3 is 5.65 Å². The highest BCUT2D eigenvalue weighted by atomic mass is 32.2. The summed E-state index contributed by atoms with van der Waals surface area (Å²) >= 11 is 2.04. The van der Waals surface area contributed by atoms with Crippen molar-refractivity contribution in [1.82, 2.24) is 29.2 Å². The molecule has 3 aromatic rings. The third kappa shape index (κ3) is 5.58. The fourth-order valence-corrected chi connectivity index (χ4v) is 6.02. The molecule has 0 bridgehead atoms. The van der Waals surface area contributed by atoms with Gasteiger partial charge in [0.25, 0.3) is 11.8 Å². The first kappa shape index (κ1) is 28.8. The Balaban J connectivity index is 1.34. The van der Waals surface area contributed by atoms with E-state index in [0.717, 1.165) is 16.4 Å². The normalized spacial score (nSPS) is 18.5. The number of carboxylic acid groups (broad SMARTS) is 1. The number of aromatic nitrogens is 5. The number of nitrogens with zero attached hydrogens (tertiary/aromatic N) is 7. The molecular weight excluding hydrogens is 597 g/mol. The van der Waals surface area contributed by atoms with E-state index in [2.05, 4.69) is 30.2 Å². The van der Waals surface area contributed by atoms with Crippen LogP contribution < -0.4 is 31.8 Å². The number of anilines is 2. The predicted molar refractivity (Wildman–Crippen MR) is 143 cm³/mol. The van der Waals surface area contributed by atoms with Crippen LogP contribution in [0, 0.1) is 0 Å². The van der Waals surface area contributed by atoms with Crippen LogP contribution in [0.2, 0.25) is 0 Å². The van der Waals surface area contributed by atoms with Crippen molar-refractivity contribution in [1.29, 1.82) is 0 Å². The van der Waals surface area contributed by atoms with Crippen LogP contribution in [0.3, 0.4) is 0 Å². The maximum absolute atomic E-state index is 13.1. The summed E-state index contributed by atoms with van der Waals surface area (Å²) in [6.07, 6.45) is 3.28. The lowest BCUT2D eigenvalue weighted by atomic mass is 10.0. The SMILES string of the molecule is NCC(=O)Nc1ccc2n(cc[n+]2CC2=C(C(=O)[O-])N3C(=O)[C@@H](NC(=O)/C(=N\OCCF)c4nsc(N)n4)[C@H]3SC2)n1. The van der Waals surface area contributed by atoms with Gasteiger partial charge in [-0.05, 0) is 6.07 Å². The fraction of sp³-hybridized carbons (Fsp3) is 0.318. The molecule has 0 radical (unpaired) electrons. The lowest BCUT2D eigenvalue weighted by Crippen LogP contribution is -2.71. The van der Waals surface area contributed by atoms with Crippen LogP contribution in [0.15, 0.2) is 41.0 Å². The standard InChI is InChI=1S/C22H22FN11O6S2/c23-3-6-40-30-14(17-28-22(25)42-31-17)18(36)27-15-19(37)34-16(21(38)39)10(9-41-20(15)34)8-32-4-5-33-13(32)2-1-11(29-33)26-12(35)7-24/h1-2,4-5,15,20H,3,6-9,24H2,(H4-,25,26,27,28,29,31,35,36,38,39)/b30-14-/t15-,20-/m1/s1. The average molecular weight is 620 g/mol. The van der Waals surface area contributed by atoms with E-state index < -0.39 is 54.1 Å². The molecule has 0 unspecified atom stereocenters. The third-order valence-corrected chi connectivity index (χ3v) is 7.94. The summed E-state index contributed by atoms with van der Waals surface area (Å²) in [6, 6.07) is 2.15. The van der Waals surface area contributed by atoms with Crippen molar-refractivity contribution in [2.24, 2.45) is 10.9 Å². The molecule has 20 heteroatoms. The van der Waals surface area contributed by atoms with E-state index in [0.29, 0.717) is 11.2 Å². The number of thioether (sulfide) groups is 1. The number of alkyl halides is 1. The molecule has 3 amide bonds. The molecule has 5 rings (SSSR count). The number of carboxylic acids is 1. The minimum Gasteiger partial charge on any atom is -0.543 e. The van der Waals surface area contributed by atoms with Gasteiger partial charge in [0.2, 0.25) is 17.4 Å². The molecule has 0 spiro atoms. The largest absolute Gasteiger partial charge is 0.543 e. The number of nitrogen functional groups attached to an aromatic ring is 1. The minimum atomic E-state index is -1.55. The molecule has 1 saturated heterocycles. The van der Waals surface area contributed by atoms with Crippen molar-refractivity contribution >= 4 is 69.3 Å². The van der Waals surface area contributed by atoms with Crippen molar-refractivity contribution in [3.63, 3.8) is 0 Å². The molecule has 17 nitrogen and oxygen atoms in total. The van der Waals surface area contributed by atoms with Crippen LogP contribution in [0.1, 0.15) is 5.82 Å². The van der Waals surface area contributed by atoms with Crippen LogP contribution in [-0.4, -0.2) is 90.3 Å². The highest BCUT2D eigenvalue weighted by Gasteiger charge is 2.53. The molecule has 2 aliphatic rings. The van der Waals surface area contributed by atoms with E-state index >= 15 is 0 Å². The number of amides is 3. The molecule has 220 valence electrons. The summed E-state index contributed by atoms with van der Waals surface area (Å²) < 4.78 is 19.6. The van der Waals surface area contributed by atoms with E-state index in [-0.39, 0.29) is 41.3 Å². The van der Waals surface area contributed by atoms with Crippen LogP contribution in [0.5, 0.6) is 0 Å². The smallest absolute Gasteiger partial charge is 0.307 e. The summed E-state index contributed by atoms with van der Waals surface area (Å²) in [7, 11) is 0. The Morgan fingerprint density at radius 2 is 2.14 bits per heavy atom. The Hall–Kier alpha value is -4.69. The Labute approximate surface area is 243 Å². The summed E-state index contributed by atoms with van der Waals surface area (Å²) in [5.74, 6) is -3.22. The van der Waals surface area contributed by atoms with Gasteiger partial charge in [0.1, 0.15) is 37.4 Å². The topological polar surface area (TPSA) is 239 Å². The number of carbonyl (C=O) groups is 4. The summed E-state index contributed by atoms with van der Waals surface area (Å²) in [6.45, 7) is -1.39. The number of nitrogens with two attached hydrogens (primary N) is 2. The summed E-state index contributed by atoms with van der Waals surface area (Å²) in [5, 5.41) is 24.4. The zero-order valence-electron chi connectivity index (χ0n) is 21.4. The van der Waals surface area contributed by atoms with Gasteiger partial charge in [-0.3, -0.25) is 19.3 Å². The molecule has 2 aliphatic heterocycles. The monoisotopic (exact) mass is 619 g/mol. The Kier molecular flexibility index (Phi) is 8.27. The number of rotatable bonds is 11. The maximum atomic E-state index is 13.1. The second-order valence-electron chi connectivity index (χ2n) is 8.72. The van der Waals surface area contributed by atoms with E-state index in [9.17, 15) is 28.7 Å². The van der Waals surface area contributed by atoms with Gasteiger partial charge < -0.3 is 36.8 Å². The van der Waals surface area contributed by atoms with Gasteiger partial charge in [-0.15, -0.1) is 11.8 Å². The zero-order valence-corrected chi connectivity index (χ0v) is 23.1. The highest BCUT2D eigenvalue weighted by molar-refractivity contribution is 8.00. The minimum absolute atomic E-state index is 0.0458. The second-order valence-corrected chi connectivity index (χ2v) is 10.6. The quantitative estimate of drug-likeness (QED) is 0.0544. The third-order valence-electron chi connectivity index (χ3n) is 6.06. The first-order valence-corrected chi connectivity index (χ1v) is 14.0. The van der Waals surface area contributed by atoms with E-state index in [4.69, 9.17) is 16.3 Å². The Bertz CT molecular complexity index is 1640. The molecule has 3 aromatic heterocycles. The lowest BCUT2D eigenvalue weighted by molar-refractivity contribution is -0.662. The van der Waals surface area contributed by atoms with E-state index in [1.807, 2.05) is 0 Å². The van der Waals surface area contributed by atoms with Gasteiger partial charge in [0.15, 0.2) is 17.1 Å². The molecule has 5 heterocycles. The molecule has 6 N–H and O–H groups in total. The Morgan fingerprint density at radius 1 is 1.33 bits per heavy atom. The molecule has 1 fully saturated rings. The predicted octanol–water partition coefficient (Wildman–Crippen LogP) is -3.25. The van der Waals surface area contributed by atoms with Gasteiger partial charge in [0, 0.05) is 28.9 Å². The van der Waals surface area contributed by atoms with Crippen molar-refractivity contribution in [3.8, 4) is 0 Å². The number of aliphatic carboxylic acids is 1. The van der Waals surface area contributed by atoms with Crippen molar-refractivity contribution in [2.75, 3.05) is 36.6 Å². The number of hydrogen-bond acceptors (Lipinski definition) is 14. The summed E-state index contributed by atoms with van der Waals surface area (Å²) in [4.78, 5) is 59.6. The number of β-lactam (4-membered cyclic amide) rings is 1. The van der Waals surface area contributed by atoms with Gasteiger partial charge in [-0.1, -0.05) is 14.8 Å². The van der Waals surface area contributed by atoms with Crippen LogP contribution in [0.25, 0.3) is 5.65 Å². The molecule has 0 aliphatic carbocycles. The second kappa shape index (κ2) is 12.0. The maximum Gasteiger partial charge on any atom is 0.307 e. The number of imidazole rings is 1. The van der Waals surface area contributed by atoms with Crippen LogP contribution in [0.4, 0.5) is 15.3 Å². The van der Waals surface area contributed by atoms with Crippen LogP contribution >= 0.6 is 23.3 Å². The number of carbonyl (C=O) groups excluding carboxylic acids is 4. The van der Waals surface area contributed by atoms with Crippen molar-refractivity contribution in [2.45, 2.75) is 18.0 Å². The average Bonchev–Trinajstić information content (AvgIpc) is 3.58. The van der Waals surface area contributed by atoms with E-state index in [1.54, 1.807) is 29.1 Å². The number of nitrogens with one attached hydrogen (secondary N) is 2. The number of oxime groups is 1. The zero-order chi connectivity index (χ0) is 30.0. The van der Waals surface area contributed by atoms with Crippen molar-refractivity contribution in [3.05, 3.63) is 41.6 Å². The fourth-order valence-electron chi connectivity index (χ4n) is 4.25. The molecule has 42 heavy (non-hydrogen) atoms. The number of fused-ring (bicyclic) bond motifs is 2. The molecule has 2 atom stereocenters. The van der Waals surface area contributed by atoms with Gasteiger partial charge in [0.05, 0.1) is 18.2 Å². The van der Waals surface area contributed by atoms with E-state index in [1.165, 1.54) is 16.3 Å². The van der Waals surface area contributed by atoms with Crippen LogP contribution in [-0.2, 0) is 30.6 Å². The number of hydrogen-bond donors (Lipinski definition) is 4. The first-order valence-electron chi connectivity index (χ1n) is 12.1. The molecule has 0 aromatic carbocycles. The number of halogens is 1. The molecular formula is C22H22FN11O6S2. The van der Waals surface area contributed by atoms with Crippen molar-refractivity contribution < 1.29 is 38.1 Å². The molecule has 0 saturated carbocycles. The van der Waals surface area contributed by atoms with Gasteiger partial charge in [-0.2, -0.15) is 9.36 Å². The summed E-state index contributed by atoms with van der Waals surface area (Å²) in [5.41, 5.74) is 11.2. The lowest BCUT2D eigenvalue weighted by Gasteiger charge is -2.50. The highest BCUT2D eigenvalue weighted by Crippen LogP contribution is 2.40. The first-order chi connectivity index (χ1) is 20.2. The Morgan fingerprint density at radius 3 is 2.83 bits per heavy atom.